The Morgan fingerprint density at radius 2 is 1.44 bits per heavy atom. The maximum Gasteiger partial charge on any atom is 0.218 e. The Morgan fingerprint density at radius 1 is 0.938 bits per heavy atom. The van der Waals surface area contributed by atoms with E-state index in [1.165, 1.54) is 4.31 Å². The number of aromatic nitrogens is 2. The van der Waals surface area contributed by atoms with Crippen LogP contribution in [0.3, 0.4) is 0 Å². The van der Waals surface area contributed by atoms with Crippen molar-refractivity contribution in [3.05, 3.63) is 89.3 Å². The lowest BCUT2D eigenvalue weighted by Crippen LogP contribution is -2.39. The first-order chi connectivity index (χ1) is 15.2. The summed E-state index contributed by atoms with van der Waals surface area (Å²) >= 11 is 0. The number of benzene rings is 2. The van der Waals surface area contributed by atoms with Crippen molar-refractivity contribution in [3.63, 3.8) is 0 Å². The van der Waals surface area contributed by atoms with Gasteiger partial charge in [0.2, 0.25) is 10.0 Å². The molecular formula is C24H28FN3O3S. The quantitative estimate of drug-likeness (QED) is 0.474. The minimum absolute atomic E-state index is 0.210. The Labute approximate surface area is 189 Å². The molecule has 0 aliphatic heterocycles. The molecule has 0 spiro atoms. The number of hydrogen-bond donors (Lipinski definition) is 0. The summed E-state index contributed by atoms with van der Waals surface area (Å²) in [5.74, 6) is -0.0757. The SMILES string of the molecule is COc1ccc(CN(Cc2ccc(C)cc2)S(=O)(=O)[C@H](C)[C@@H](C)c2ncc(F)cn2)cc1. The first-order valence-electron chi connectivity index (χ1n) is 10.4. The molecule has 0 N–H and O–H groups in total. The van der Waals surface area contributed by atoms with E-state index in [0.717, 1.165) is 29.1 Å². The Morgan fingerprint density at radius 3 is 1.94 bits per heavy atom. The van der Waals surface area contributed by atoms with Gasteiger partial charge in [0.05, 0.1) is 24.8 Å². The molecule has 0 aliphatic rings. The monoisotopic (exact) mass is 457 g/mol. The maximum atomic E-state index is 13.7. The molecule has 0 saturated carbocycles. The third-order valence-corrected chi connectivity index (χ3v) is 7.90. The van der Waals surface area contributed by atoms with Gasteiger partial charge >= 0.3 is 0 Å². The third kappa shape index (κ3) is 5.69. The van der Waals surface area contributed by atoms with Gasteiger partial charge in [-0.1, -0.05) is 48.9 Å². The highest BCUT2D eigenvalue weighted by Crippen LogP contribution is 2.27. The van der Waals surface area contributed by atoms with Crippen molar-refractivity contribution < 1.29 is 17.5 Å². The highest BCUT2D eigenvalue weighted by molar-refractivity contribution is 7.89. The highest BCUT2D eigenvalue weighted by atomic mass is 32.2. The van der Waals surface area contributed by atoms with E-state index in [1.807, 2.05) is 55.5 Å². The predicted molar refractivity (Wildman–Crippen MR) is 122 cm³/mol. The number of nitrogens with zero attached hydrogens (tertiary/aromatic N) is 3. The van der Waals surface area contributed by atoms with E-state index in [9.17, 15) is 12.8 Å². The number of rotatable bonds is 9. The Balaban J connectivity index is 1.91. The lowest BCUT2D eigenvalue weighted by Gasteiger charge is -2.28. The van der Waals surface area contributed by atoms with Crippen LogP contribution in [0.4, 0.5) is 4.39 Å². The minimum Gasteiger partial charge on any atom is -0.497 e. The molecule has 0 saturated heterocycles. The van der Waals surface area contributed by atoms with E-state index in [2.05, 4.69) is 9.97 Å². The van der Waals surface area contributed by atoms with Gasteiger partial charge in [-0.05, 0) is 37.1 Å². The third-order valence-electron chi connectivity index (χ3n) is 5.58. The molecule has 0 amide bonds. The maximum absolute atomic E-state index is 13.7. The smallest absolute Gasteiger partial charge is 0.218 e. The molecule has 0 aliphatic carbocycles. The first kappa shape index (κ1) is 23.8. The summed E-state index contributed by atoms with van der Waals surface area (Å²) in [6.45, 7) is 5.81. The normalized spacial score (nSPS) is 13.7. The largest absolute Gasteiger partial charge is 0.497 e. The standard InChI is InChI=1S/C24H28FN3O3S/c1-17-5-7-20(8-6-17)15-28(16-21-9-11-23(31-4)12-10-21)32(29,30)19(3)18(2)24-26-13-22(25)14-27-24/h5-14,18-19H,15-16H2,1-4H3/t18-,19-/m1/s1. The number of methoxy groups -OCH3 is 1. The van der Waals surface area contributed by atoms with E-state index in [0.29, 0.717) is 11.6 Å². The Hall–Kier alpha value is -2.84. The molecule has 2 atom stereocenters. The van der Waals surface area contributed by atoms with Crippen LogP contribution in [-0.4, -0.2) is 35.1 Å². The minimum atomic E-state index is -3.75. The molecule has 0 bridgehead atoms. The van der Waals surface area contributed by atoms with Crippen molar-refractivity contribution >= 4 is 10.0 Å². The van der Waals surface area contributed by atoms with Gasteiger partial charge in [-0.2, -0.15) is 4.31 Å². The molecule has 1 heterocycles. The lowest BCUT2D eigenvalue weighted by molar-refractivity contribution is 0.388. The predicted octanol–water partition coefficient (Wildman–Crippen LogP) is 4.46. The van der Waals surface area contributed by atoms with Crippen molar-refractivity contribution in [2.45, 2.75) is 45.0 Å². The average molecular weight is 458 g/mol. The first-order valence-corrected chi connectivity index (χ1v) is 11.9. The van der Waals surface area contributed by atoms with Gasteiger partial charge in [-0.3, -0.25) is 0 Å². The zero-order valence-corrected chi connectivity index (χ0v) is 19.5. The van der Waals surface area contributed by atoms with E-state index in [4.69, 9.17) is 4.74 Å². The van der Waals surface area contributed by atoms with Crippen LogP contribution < -0.4 is 4.74 Å². The molecular weight excluding hydrogens is 429 g/mol. The molecule has 0 unspecified atom stereocenters. The van der Waals surface area contributed by atoms with Crippen LogP contribution in [0.25, 0.3) is 0 Å². The molecule has 0 radical (unpaired) electrons. The molecule has 3 rings (SSSR count). The van der Waals surface area contributed by atoms with Crippen molar-refractivity contribution in [3.8, 4) is 5.75 Å². The van der Waals surface area contributed by atoms with E-state index in [1.54, 1.807) is 21.0 Å². The van der Waals surface area contributed by atoms with Gasteiger partial charge in [0.25, 0.3) is 0 Å². The van der Waals surface area contributed by atoms with Crippen LogP contribution in [0.5, 0.6) is 5.75 Å². The van der Waals surface area contributed by atoms with Gasteiger partial charge in [-0.25, -0.2) is 22.8 Å². The number of ether oxygens (including phenoxy) is 1. The highest BCUT2D eigenvalue weighted by Gasteiger charge is 2.34. The van der Waals surface area contributed by atoms with Gasteiger partial charge in [0.15, 0.2) is 5.82 Å². The van der Waals surface area contributed by atoms with Crippen LogP contribution in [0.15, 0.2) is 60.9 Å². The zero-order chi connectivity index (χ0) is 23.3. The number of hydrogen-bond acceptors (Lipinski definition) is 5. The summed E-state index contributed by atoms with van der Waals surface area (Å²) < 4.78 is 47.3. The average Bonchev–Trinajstić information content (AvgIpc) is 2.80. The van der Waals surface area contributed by atoms with Crippen LogP contribution in [0.2, 0.25) is 0 Å². The van der Waals surface area contributed by atoms with E-state index < -0.39 is 27.0 Å². The molecule has 3 aromatic rings. The molecule has 32 heavy (non-hydrogen) atoms. The summed E-state index contributed by atoms with van der Waals surface area (Å²) in [7, 11) is -2.17. The zero-order valence-electron chi connectivity index (χ0n) is 18.7. The number of halogens is 1. The topological polar surface area (TPSA) is 72.4 Å². The van der Waals surface area contributed by atoms with Crippen LogP contribution in [0, 0.1) is 12.7 Å². The van der Waals surface area contributed by atoms with Gasteiger partial charge in [-0.15, -0.1) is 0 Å². The van der Waals surface area contributed by atoms with Crippen molar-refractivity contribution in [2.75, 3.05) is 7.11 Å². The fraction of sp³-hybridized carbons (Fsp3) is 0.333. The van der Waals surface area contributed by atoms with Crippen LogP contribution >= 0.6 is 0 Å². The Bertz CT molecular complexity index is 1120. The lowest BCUT2D eigenvalue weighted by atomic mass is 10.1. The summed E-state index contributed by atoms with van der Waals surface area (Å²) in [5.41, 5.74) is 2.85. The van der Waals surface area contributed by atoms with Gasteiger partial charge in [0, 0.05) is 19.0 Å². The summed E-state index contributed by atoms with van der Waals surface area (Å²) in [6, 6.07) is 15.1. The fourth-order valence-electron chi connectivity index (χ4n) is 3.33. The van der Waals surface area contributed by atoms with E-state index in [-0.39, 0.29) is 13.1 Å². The fourth-order valence-corrected chi connectivity index (χ4v) is 5.09. The van der Waals surface area contributed by atoms with Gasteiger partial charge < -0.3 is 4.74 Å². The van der Waals surface area contributed by atoms with E-state index >= 15 is 0 Å². The van der Waals surface area contributed by atoms with Gasteiger partial charge in [0.1, 0.15) is 11.6 Å². The number of aryl methyl sites for hydroxylation is 1. The molecule has 2 aromatic carbocycles. The van der Waals surface area contributed by atoms with Crippen LogP contribution in [0.1, 0.15) is 42.3 Å². The van der Waals surface area contributed by atoms with Crippen molar-refractivity contribution in [2.24, 2.45) is 0 Å². The summed E-state index contributed by atoms with van der Waals surface area (Å²) in [5, 5.41) is -0.809. The molecule has 0 fully saturated rings. The second kappa shape index (κ2) is 10.2. The van der Waals surface area contributed by atoms with Crippen molar-refractivity contribution in [1.82, 2.24) is 14.3 Å². The van der Waals surface area contributed by atoms with Crippen molar-refractivity contribution in [1.29, 1.82) is 0 Å². The second-order valence-corrected chi connectivity index (χ2v) is 10.2. The molecule has 8 heteroatoms. The summed E-state index contributed by atoms with van der Waals surface area (Å²) in [6.07, 6.45) is 2.11. The molecule has 6 nitrogen and oxygen atoms in total. The molecule has 170 valence electrons. The summed E-state index contributed by atoms with van der Waals surface area (Å²) in [4.78, 5) is 7.97. The van der Waals surface area contributed by atoms with Crippen LogP contribution in [-0.2, 0) is 23.1 Å². The molecule has 1 aromatic heterocycles. The Kier molecular flexibility index (Phi) is 7.58. The second-order valence-electron chi connectivity index (χ2n) is 7.90. The number of sulfonamides is 1.